The summed E-state index contributed by atoms with van der Waals surface area (Å²) in [5.74, 6) is 0.259. The average molecular weight is 397 g/mol. The van der Waals surface area contributed by atoms with E-state index in [1.807, 2.05) is 13.0 Å². The van der Waals surface area contributed by atoms with Crippen molar-refractivity contribution >= 4 is 23.4 Å². The topological polar surface area (TPSA) is 97.0 Å². The van der Waals surface area contributed by atoms with Crippen LogP contribution in [0.1, 0.15) is 30.1 Å². The van der Waals surface area contributed by atoms with Crippen LogP contribution in [-0.4, -0.2) is 37.5 Å². The summed E-state index contributed by atoms with van der Waals surface area (Å²) in [6.45, 7) is 2.82. The fourth-order valence-corrected chi connectivity index (χ4v) is 2.92. The first-order chi connectivity index (χ1) is 14.1. The minimum absolute atomic E-state index is 0.0805. The Morgan fingerprint density at radius 1 is 1.03 bits per heavy atom. The highest BCUT2D eigenvalue weighted by atomic mass is 16.5. The number of hydrogen-bond acceptors (Lipinski definition) is 5. The second-order valence-corrected chi connectivity index (χ2v) is 6.39. The summed E-state index contributed by atoms with van der Waals surface area (Å²) < 4.78 is 10.8. The Labute approximate surface area is 168 Å². The van der Waals surface area contributed by atoms with E-state index >= 15 is 0 Å². The molecule has 0 spiro atoms. The van der Waals surface area contributed by atoms with Crippen LogP contribution in [0.2, 0.25) is 0 Å². The molecule has 1 heterocycles. The molecular weight excluding hydrogens is 374 g/mol. The normalized spacial score (nSPS) is 13.1. The molecule has 0 atom stereocenters. The molecule has 3 amide bonds. The Balaban J connectivity index is 1.46. The lowest BCUT2D eigenvalue weighted by Crippen LogP contribution is -2.43. The Hall–Kier alpha value is -3.55. The van der Waals surface area contributed by atoms with Gasteiger partial charge in [0.05, 0.1) is 6.61 Å². The van der Waals surface area contributed by atoms with Crippen LogP contribution >= 0.6 is 0 Å². The Morgan fingerprint density at radius 2 is 1.83 bits per heavy atom. The van der Waals surface area contributed by atoms with Gasteiger partial charge in [-0.3, -0.25) is 25.2 Å². The van der Waals surface area contributed by atoms with E-state index < -0.39 is 11.8 Å². The maximum atomic E-state index is 12.1. The third-order valence-electron chi connectivity index (χ3n) is 4.32. The molecule has 0 bridgehead atoms. The van der Waals surface area contributed by atoms with Gasteiger partial charge in [0.2, 0.25) is 5.91 Å². The summed E-state index contributed by atoms with van der Waals surface area (Å²) in [7, 11) is 0. The van der Waals surface area contributed by atoms with Crippen LogP contribution in [0, 0.1) is 0 Å². The molecule has 3 rings (SSSR count). The molecule has 2 aromatic carbocycles. The predicted molar refractivity (Wildman–Crippen MR) is 107 cm³/mol. The van der Waals surface area contributed by atoms with E-state index in [0.717, 1.165) is 12.1 Å². The zero-order chi connectivity index (χ0) is 20.6. The van der Waals surface area contributed by atoms with Gasteiger partial charge in [0.15, 0.2) is 6.61 Å². The van der Waals surface area contributed by atoms with Crippen molar-refractivity contribution in [2.24, 2.45) is 0 Å². The highest BCUT2D eigenvalue weighted by molar-refractivity contribution is 5.96. The van der Waals surface area contributed by atoms with E-state index in [2.05, 4.69) is 10.9 Å². The summed E-state index contributed by atoms with van der Waals surface area (Å²) >= 11 is 0. The third kappa shape index (κ3) is 5.47. The lowest BCUT2D eigenvalue weighted by molar-refractivity contribution is -0.123. The maximum absolute atomic E-state index is 12.1. The van der Waals surface area contributed by atoms with Crippen molar-refractivity contribution in [2.75, 3.05) is 24.7 Å². The highest BCUT2D eigenvalue weighted by Gasteiger charge is 2.21. The second-order valence-electron chi connectivity index (χ2n) is 6.39. The molecule has 1 aliphatic rings. The quantitative estimate of drug-likeness (QED) is 0.697. The zero-order valence-corrected chi connectivity index (χ0v) is 16.1. The molecule has 0 aromatic heterocycles. The molecule has 1 aliphatic heterocycles. The predicted octanol–water partition coefficient (Wildman–Crippen LogP) is 2.05. The number of hydrazine groups is 1. The number of amides is 3. The van der Waals surface area contributed by atoms with Crippen LogP contribution in [0.15, 0.2) is 48.5 Å². The van der Waals surface area contributed by atoms with Gasteiger partial charge in [-0.25, -0.2) is 0 Å². The van der Waals surface area contributed by atoms with Crippen molar-refractivity contribution in [1.82, 2.24) is 10.9 Å². The molecule has 0 radical (unpaired) electrons. The number of benzene rings is 2. The molecule has 1 fully saturated rings. The smallest absolute Gasteiger partial charge is 0.276 e. The molecule has 1 saturated heterocycles. The van der Waals surface area contributed by atoms with Crippen molar-refractivity contribution in [3.8, 4) is 11.5 Å². The van der Waals surface area contributed by atoms with Gasteiger partial charge in [-0.2, -0.15) is 0 Å². The summed E-state index contributed by atoms with van der Waals surface area (Å²) in [4.78, 5) is 37.6. The van der Waals surface area contributed by atoms with Gasteiger partial charge < -0.3 is 14.4 Å². The Kier molecular flexibility index (Phi) is 6.67. The molecule has 152 valence electrons. The van der Waals surface area contributed by atoms with E-state index in [0.29, 0.717) is 36.6 Å². The number of carbonyl (C=O) groups is 3. The van der Waals surface area contributed by atoms with E-state index in [4.69, 9.17) is 9.47 Å². The molecule has 0 unspecified atom stereocenters. The largest absolute Gasteiger partial charge is 0.494 e. The maximum Gasteiger partial charge on any atom is 0.276 e. The summed E-state index contributed by atoms with van der Waals surface area (Å²) in [6.07, 6.45) is 1.38. The molecule has 2 N–H and O–H groups in total. The highest BCUT2D eigenvalue weighted by Crippen LogP contribution is 2.25. The first-order valence-electron chi connectivity index (χ1n) is 9.42. The standard InChI is InChI=1S/C21H23N3O5/c1-2-28-17-10-8-15(9-11-17)21(27)23-22-19(25)14-29-18-6-3-5-16(13-18)24-12-4-7-20(24)26/h3,5-6,8-11,13H,2,4,7,12,14H2,1H3,(H,22,25)(H,23,27). The van der Waals surface area contributed by atoms with Crippen LogP contribution < -0.4 is 25.2 Å². The lowest BCUT2D eigenvalue weighted by Gasteiger charge is -2.16. The van der Waals surface area contributed by atoms with Crippen molar-refractivity contribution in [3.05, 3.63) is 54.1 Å². The van der Waals surface area contributed by atoms with Crippen molar-refractivity contribution in [1.29, 1.82) is 0 Å². The van der Waals surface area contributed by atoms with Crippen LogP contribution in [0.25, 0.3) is 0 Å². The molecular formula is C21H23N3O5. The zero-order valence-electron chi connectivity index (χ0n) is 16.1. The first kappa shape index (κ1) is 20.2. The summed E-state index contributed by atoms with van der Waals surface area (Å²) in [5.41, 5.74) is 5.78. The Bertz CT molecular complexity index is 882. The SMILES string of the molecule is CCOc1ccc(C(=O)NNC(=O)COc2cccc(N3CCCC3=O)c2)cc1. The number of anilines is 1. The van der Waals surface area contributed by atoms with Crippen molar-refractivity contribution in [2.45, 2.75) is 19.8 Å². The van der Waals surface area contributed by atoms with Gasteiger partial charge >= 0.3 is 0 Å². The number of hydrogen-bond donors (Lipinski definition) is 2. The Morgan fingerprint density at radius 3 is 2.52 bits per heavy atom. The molecule has 8 nitrogen and oxygen atoms in total. The van der Waals surface area contributed by atoms with Gasteiger partial charge in [0, 0.05) is 30.3 Å². The van der Waals surface area contributed by atoms with Crippen LogP contribution in [0.3, 0.4) is 0 Å². The molecule has 8 heteroatoms. The second kappa shape index (κ2) is 9.59. The van der Waals surface area contributed by atoms with Gasteiger partial charge in [-0.15, -0.1) is 0 Å². The number of rotatable bonds is 7. The number of ether oxygens (including phenoxy) is 2. The van der Waals surface area contributed by atoms with Crippen molar-refractivity contribution < 1.29 is 23.9 Å². The molecule has 0 saturated carbocycles. The third-order valence-corrected chi connectivity index (χ3v) is 4.32. The molecule has 0 aliphatic carbocycles. The first-order valence-corrected chi connectivity index (χ1v) is 9.42. The fourth-order valence-electron chi connectivity index (χ4n) is 2.92. The van der Waals surface area contributed by atoms with Crippen LogP contribution in [0.5, 0.6) is 11.5 Å². The van der Waals surface area contributed by atoms with Gasteiger partial charge in [-0.1, -0.05) is 6.07 Å². The van der Waals surface area contributed by atoms with E-state index in [-0.39, 0.29) is 12.5 Å². The number of carbonyl (C=O) groups excluding carboxylic acids is 3. The minimum atomic E-state index is -0.507. The lowest BCUT2D eigenvalue weighted by atomic mass is 10.2. The fraction of sp³-hybridized carbons (Fsp3) is 0.286. The molecule has 29 heavy (non-hydrogen) atoms. The summed E-state index contributed by atoms with van der Waals surface area (Å²) in [6, 6.07) is 13.6. The van der Waals surface area contributed by atoms with Crippen LogP contribution in [-0.2, 0) is 9.59 Å². The van der Waals surface area contributed by atoms with Crippen LogP contribution in [0.4, 0.5) is 5.69 Å². The number of nitrogens with zero attached hydrogens (tertiary/aromatic N) is 1. The molecule has 2 aromatic rings. The van der Waals surface area contributed by atoms with Gasteiger partial charge in [-0.05, 0) is 49.7 Å². The van der Waals surface area contributed by atoms with Gasteiger partial charge in [0.25, 0.3) is 11.8 Å². The summed E-state index contributed by atoms with van der Waals surface area (Å²) in [5, 5.41) is 0. The van der Waals surface area contributed by atoms with Gasteiger partial charge in [0.1, 0.15) is 11.5 Å². The monoisotopic (exact) mass is 397 g/mol. The van der Waals surface area contributed by atoms with E-state index in [9.17, 15) is 14.4 Å². The van der Waals surface area contributed by atoms with E-state index in [1.54, 1.807) is 47.4 Å². The number of nitrogens with one attached hydrogen (secondary N) is 2. The average Bonchev–Trinajstić information content (AvgIpc) is 3.17. The van der Waals surface area contributed by atoms with Crippen molar-refractivity contribution in [3.63, 3.8) is 0 Å². The minimum Gasteiger partial charge on any atom is -0.494 e. The van der Waals surface area contributed by atoms with E-state index in [1.165, 1.54) is 0 Å².